The Morgan fingerprint density at radius 1 is 1.08 bits per heavy atom. The smallest absolute Gasteiger partial charge is 0.341 e. The number of methoxy groups -OCH3 is 1. The van der Waals surface area contributed by atoms with Crippen molar-refractivity contribution in [2.45, 2.75) is 6.42 Å². The number of hydrogen-bond donors (Lipinski definition) is 2. The van der Waals surface area contributed by atoms with E-state index in [-0.39, 0.29) is 12.5 Å². The molecule has 0 aromatic heterocycles. The normalized spacial score (nSPS) is 10.0. The third-order valence-corrected chi connectivity index (χ3v) is 3.34. The number of carboxylic acid groups (broad SMARTS) is 1. The third kappa shape index (κ3) is 5.01. The summed E-state index contributed by atoms with van der Waals surface area (Å²) in [5, 5.41) is 11.4. The average Bonchev–Trinajstić information content (AvgIpc) is 2.60. The quantitative estimate of drug-likeness (QED) is 0.775. The van der Waals surface area contributed by atoms with E-state index in [0.29, 0.717) is 30.0 Å². The molecule has 24 heavy (non-hydrogen) atoms. The van der Waals surface area contributed by atoms with E-state index in [0.717, 1.165) is 5.56 Å². The first-order valence-electron chi connectivity index (χ1n) is 7.45. The van der Waals surface area contributed by atoms with Gasteiger partial charge in [0.1, 0.15) is 11.5 Å². The zero-order valence-electron chi connectivity index (χ0n) is 13.3. The number of benzene rings is 2. The Morgan fingerprint density at radius 2 is 1.79 bits per heavy atom. The van der Waals surface area contributed by atoms with E-state index < -0.39 is 5.97 Å². The lowest BCUT2D eigenvalue weighted by atomic mass is 10.1. The van der Waals surface area contributed by atoms with Gasteiger partial charge in [0.2, 0.25) is 0 Å². The number of para-hydroxylation sites is 1. The predicted molar refractivity (Wildman–Crippen MR) is 88.6 cm³/mol. The molecule has 2 aromatic carbocycles. The molecular formula is C18H19NO5. The van der Waals surface area contributed by atoms with Gasteiger partial charge in [0.25, 0.3) is 5.91 Å². The second-order valence-corrected chi connectivity index (χ2v) is 5.03. The van der Waals surface area contributed by atoms with Crippen LogP contribution in [0.15, 0.2) is 48.5 Å². The Kier molecular flexibility index (Phi) is 6.19. The molecule has 0 bridgehead atoms. The molecule has 0 radical (unpaired) electrons. The maximum atomic E-state index is 12.2. The summed E-state index contributed by atoms with van der Waals surface area (Å²) in [7, 11) is 1.53. The van der Waals surface area contributed by atoms with Crippen LogP contribution in [-0.4, -0.2) is 37.2 Å². The zero-order valence-corrected chi connectivity index (χ0v) is 13.3. The highest BCUT2D eigenvalue weighted by Crippen LogP contribution is 2.17. The molecule has 2 aromatic rings. The maximum Gasteiger partial charge on any atom is 0.341 e. The van der Waals surface area contributed by atoms with Crippen LogP contribution < -0.4 is 14.8 Å². The summed E-state index contributed by atoms with van der Waals surface area (Å²) >= 11 is 0. The van der Waals surface area contributed by atoms with E-state index in [2.05, 4.69) is 5.32 Å². The minimum Gasteiger partial charge on any atom is -0.496 e. The van der Waals surface area contributed by atoms with Gasteiger partial charge in [-0.3, -0.25) is 4.79 Å². The van der Waals surface area contributed by atoms with Gasteiger partial charge in [-0.15, -0.1) is 0 Å². The number of carboxylic acids is 1. The van der Waals surface area contributed by atoms with Crippen molar-refractivity contribution in [2.75, 3.05) is 20.3 Å². The molecule has 6 nitrogen and oxygen atoms in total. The van der Waals surface area contributed by atoms with Crippen LogP contribution in [0.5, 0.6) is 11.5 Å². The van der Waals surface area contributed by atoms with Gasteiger partial charge in [-0.1, -0.05) is 24.3 Å². The summed E-state index contributed by atoms with van der Waals surface area (Å²) in [5.74, 6) is -0.166. The zero-order chi connectivity index (χ0) is 17.4. The van der Waals surface area contributed by atoms with Crippen molar-refractivity contribution in [1.29, 1.82) is 0 Å². The monoisotopic (exact) mass is 329 g/mol. The third-order valence-electron chi connectivity index (χ3n) is 3.34. The minimum absolute atomic E-state index is 0.186. The van der Waals surface area contributed by atoms with Crippen LogP contribution in [0.25, 0.3) is 0 Å². The second kappa shape index (κ2) is 8.57. The first-order valence-corrected chi connectivity index (χ1v) is 7.45. The van der Waals surface area contributed by atoms with E-state index in [9.17, 15) is 9.59 Å². The summed E-state index contributed by atoms with van der Waals surface area (Å²) in [4.78, 5) is 22.6. The molecule has 0 atom stereocenters. The summed E-state index contributed by atoms with van der Waals surface area (Å²) in [6.45, 7) is 0.112. The number of nitrogens with one attached hydrogen (secondary N) is 1. The van der Waals surface area contributed by atoms with Gasteiger partial charge in [0.05, 0.1) is 12.7 Å². The lowest BCUT2D eigenvalue weighted by Gasteiger charge is -2.09. The van der Waals surface area contributed by atoms with E-state index >= 15 is 0 Å². The predicted octanol–water partition coefficient (Wildman–Crippen LogP) is 2.13. The molecule has 6 heteroatoms. The number of hydrogen-bond acceptors (Lipinski definition) is 4. The average molecular weight is 329 g/mol. The van der Waals surface area contributed by atoms with Crippen LogP contribution in [0.4, 0.5) is 0 Å². The highest BCUT2D eigenvalue weighted by molar-refractivity contribution is 5.96. The molecule has 126 valence electrons. The van der Waals surface area contributed by atoms with Crippen molar-refractivity contribution in [3.05, 3.63) is 59.7 Å². The SMILES string of the molecule is COc1ccccc1C(=O)NCCc1ccc(OCC(=O)O)cc1. The fourth-order valence-electron chi connectivity index (χ4n) is 2.15. The van der Waals surface area contributed by atoms with Crippen LogP contribution in [0.2, 0.25) is 0 Å². The maximum absolute atomic E-state index is 12.2. The van der Waals surface area contributed by atoms with E-state index in [4.69, 9.17) is 14.6 Å². The molecule has 0 heterocycles. The molecule has 0 unspecified atom stereocenters. The summed E-state index contributed by atoms with van der Waals surface area (Å²) < 4.78 is 10.2. The van der Waals surface area contributed by atoms with Crippen LogP contribution in [0, 0.1) is 0 Å². The fraction of sp³-hybridized carbons (Fsp3) is 0.222. The highest BCUT2D eigenvalue weighted by Gasteiger charge is 2.10. The van der Waals surface area contributed by atoms with Crippen molar-refractivity contribution in [3.63, 3.8) is 0 Å². The molecule has 0 aliphatic heterocycles. The number of carbonyl (C=O) groups is 2. The Hall–Kier alpha value is -3.02. The number of ether oxygens (including phenoxy) is 2. The molecule has 0 saturated carbocycles. The molecule has 0 saturated heterocycles. The van der Waals surface area contributed by atoms with Gasteiger partial charge in [-0.05, 0) is 36.2 Å². The molecule has 1 amide bonds. The number of carbonyl (C=O) groups excluding carboxylic acids is 1. The molecular weight excluding hydrogens is 310 g/mol. The molecule has 2 rings (SSSR count). The molecule has 0 aliphatic rings. The molecule has 0 fully saturated rings. The van der Waals surface area contributed by atoms with Crippen molar-refractivity contribution in [3.8, 4) is 11.5 Å². The van der Waals surface area contributed by atoms with E-state index in [1.54, 1.807) is 30.3 Å². The molecule has 0 aliphatic carbocycles. The van der Waals surface area contributed by atoms with Gasteiger partial charge >= 0.3 is 5.97 Å². The van der Waals surface area contributed by atoms with Crippen LogP contribution in [0.3, 0.4) is 0 Å². The first kappa shape index (κ1) is 17.3. The van der Waals surface area contributed by atoms with Gasteiger partial charge in [-0.25, -0.2) is 4.79 Å². The summed E-state index contributed by atoms with van der Waals surface area (Å²) in [6.07, 6.45) is 0.653. The highest BCUT2D eigenvalue weighted by atomic mass is 16.5. The Morgan fingerprint density at radius 3 is 2.46 bits per heavy atom. The van der Waals surface area contributed by atoms with Crippen LogP contribution in [0.1, 0.15) is 15.9 Å². The number of aliphatic carboxylic acids is 1. The summed E-state index contributed by atoms with van der Waals surface area (Å²) in [5.41, 5.74) is 1.51. The number of rotatable bonds is 8. The Balaban J connectivity index is 1.83. The van der Waals surface area contributed by atoms with Crippen molar-refractivity contribution in [1.82, 2.24) is 5.32 Å². The van der Waals surface area contributed by atoms with Crippen molar-refractivity contribution >= 4 is 11.9 Å². The van der Waals surface area contributed by atoms with Crippen LogP contribution in [-0.2, 0) is 11.2 Å². The Bertz CT molecular complexity index is 697. The summed E-state index contributed by atoms with van der Waals surface area (Å²) in [6, 6.07) is 14.1. The topological polar surface area (TPSA) is 84.9 Å². The van der Waals surface area contributed by atoms with Gasteiger partial charge in [-0.2, -0.15) is 0 Å². The second-order valence-electron chi connectivity index (χ2n) is 5.03. The number of amides is 1. The van der Waals surface area contributed by atoms with E-state index in [1.807, 2.05) is 18.2 Å². The van der Waals surface area contributed by atoms with Crippen molar-refractivity contribution < 1.29 is 24.2 Å². The van der Waals surface area contributed by atoms with E-state index in [1.165, 1.54) is 7.11 Å². The first-order chi connectivity index (χ1) is 11.6. The Labute approximate surface area is 140 Å². The van der Waals surface area contributed by atoms with Crippen molar-refractivity contribution in [2.24, 2.45) is 0 Å². The fourth-order valence-corrected chi connectivity index (χ4v) is 2.15. The van der Waals surface area contributed by atoms with Gasteiger partial charge in [0, 0.05) is 6.54 Å². The van der Waals surface area contributed by atoms with Crippen LogP contribution >= 0.6 is 0 Å². The standard InChI is InChI=1S/C18H19NO5/c1-23-16-5-3-2-4-15(16)18(22)19-11-10-13-6-8-14(9-7-13)24-12-17(20)21/h2-9H,10-12H2,1H3,(H,19,22)(H,20,21). The molecule has 0 spiro atoms. The van der Waals surface area contributed by atoms with Gasteiger partial charge < -0.3 is 19.9 Å². The minimum atomic E-state index is -1.02. The molecule has 2 N–H and O–H groups in total. The lowest BCUT2D eigenvalue weighted by Crippen LogP contribution is -2.26. The lowest BCUT2D eigenvalue weighted by molar-refractivity contribution is -0.139. The van der Waals surface area contributed by atoms with Gasteiger partial charge in [0.15, 0.2) is 6.61 Å². The largest absolute Gasteiger partial charge is 0.496 e.